The highest BCUT2D eigenvalue weighted by Gasteiger charge is 2.27. The number of nitrogens with zero attached hydrogens (tertiary/aromatic N) is 1. The molecular formula is C22H24ClN3O3. The van der Waals surface area contributed by atoms with E-state index in [1.807, 2.05) is 48.5 Å². The van der Waals surface area contributed by atoms with Crippen molar-refractivity contribution in [3.05, 3.63) is 59.8 Å². The highest BCUT2D eigenvalue weighted by molar-refractivity contribution is 6.12. The normalized spacial score (nSPS) is 12.9. The summed E-state index contributed by atoms with van der Waals surface area (Å²) in [5.74, 6) is 1.71. The van der Waals surface area contributed by atoms with Crippen LogP contribution in [0.15, 0.2) is 48.5 Å². The number of amides is 1. The molecule has 7 heteroatoms. The zero-order valence-electron chi connectivity index (χ0n) is 16.2. The van der Waals surface area contributed by atoms with Gasteiger partial charge >= 0.3 is 0 Å². The second kappa shape index (κ2) is 9.11. The Balaban J connectivity index is 0.00000240. The largest absolute Gasteiger partial charge is 0.497 e. The predicted molar refractivity (Wildman–Crippen MR) is 116 cm³/mol. The van der Waals surface area contributed by atoms with Crippen LogP contribution in [0.5, 0.6) is 11.5 Å². The number of nitrogens with two attached hydrogens (primary N) is 1. The van der Waals surface area contributed by atoms with Crippen LogP contribution in [-0.2, 0) is 0 Å². The van der Waals surface area contributed by atoms with E-state index in [2.05, 4.69) is 5.32 Å². The van der Waals surface area contributed by atoms with Crippen molar-refractivity contribution in [2.24, 2.45) is 5.73 Å². The van der Waals surface area contributed by atoms with Crippen LogP contribution < -0.4 is 20.5 Å². The topological polar surface area (TPSA) is 86.5 Å². The Labute approximate surface area is 175 Å². The van der Waals surface area contributed by atoms with E-state index >= 15 is 0 Å². The Hall–Kier alpha value is -2.83. The van der Waals surface area contributed by atoms with Gasteiger partial charge in [0.25, 0.3) is 5.91 Å². The van der Waals surface area contributed by atoms with Crippen LogP contribution in [0, 0.1) is 0 Å². The molecule has 0 spiro atoms. The molecule has 1 fully saturated rings. The van der Waals surface area contributed by atoms with Crippen LogP contribution in [0.3, 0.4) is 0 Å². The summed E-state index contributed by atoms with van der Waals surface area (Å²) in [6.07, 6.45) is 2.25. The van der Waals surface area contributed by atoms with Crippen molar-refractivity contribution < 1.29 is 14.3 Å². The third-order valence-corrected chi connectivity index (χ3v) is 4.77. The van der Waals surface area contributed by atoms with E-state index in [-0.39, 0.29) is 18.3 Å². The van der Waals surface area contributed by atoms with Crippen LogP contribution in [0.25, 0.3) is 10.9 Å². The molecular weight excluding hydrogens is 390 g/mol. The molecule has 6 nitrogen and oxygen atoms in total. The molecule has 0 unspecified atom stereocenters. The Bertz CT molecular complexity index is 1000. The lowest BCUT2D eigenvalue weighted by atomic mass is 10.0. The fourth-order valence-corrected chi connectivity index (χ4v) is 3.14. The Kier molecular flexibility index (Phi) is 6.56. The molecule has 2 aromatic carbocycles. The molecule has 1 saturated carbocycles. The fraction of sp³-hybridized carbons (Fsp3) is 0.273. The van der Waals surface area contributed by atoms with E-state index in [1.165, 1.54) is 0 Å². The average molecular weight is 414 g/mol. The minimum atomic E-state index is -0.168. The fourth-order valence-electron chi connectivity index (χ4n) is 3.14. The predicted octanol–water partition coefficient (Wildman–Crippen LogP) is 4.13. The number of halogens is 1. The molecule has 0 atom stereocenters. The molecule has 0 radical (unpaired) electrons. The first-order valence-corrected chi connectivity index (χ1v) is 9.41. The van der Waals surface area contributed by atoms with Crippen LogP contribution >= 0.6 is 12.4 Å². The summed E-state index contributed by atoms with van der Waals surface area (Å²) in [5, 5.41) is 3.75. The molecule has 1 aliphatic carbocycles. The number of carbonyl (C=O) groups excluding carboxylic acids is 1. The van der Waals surface area contributed by atoms with Gasteiger partial charge in [0.2, 0.25) is 0 Å². The van der Waals surface area contributed by atoms with Gasteiger partial charge in [-0.05, 0) is 61.4 Å². The molecule has 29 heavy (non-hydrogen) atoms. The van der Waals surface area contributed by atoms with Gasteiger partial charge in [0.05, 0.1) is 18.2 Å². The summed E-state index contributed by atoms with van der Waals surface area (Å²) < 4.78 is 10.8. The van der Waals surface area contributed by atoms with E-state index in [4.69, 9.17) is 20.2 Å². The van der Waals surface area contributed by atoms with Gasteiger partial charge < -0.3 is 20.5 Å². The van der Waals surface area contributed by atoms with Gasteiger partial charge in [-0.1, -0.05) is 0 Å². The van der Waals surface area contributed by atoms with E-state index < -0.39 is 0 Å². The smallest absolute Gasteiger partial charge is 0.256 e. The van der Waals surface area contributed by atoms with Crippen molar-refractivity contribution in [1.82, 2.24) is 4.98 Å². The summed E-state index contributed by atoms with van der Waals surface area (Å²) in [5.41, 5.74) is 8.54. The first kappa shape index (κ1) is 20.9. The lowest BCUT2D eigenvalue weighted by Gasteiger charge is -2.12. The lowest BCUT2D eigenvalue weighted by Crippen LogP contribution is -2.14. The molecule has 0 aliphatic heterocycles. The minimum Gasteiger partial charge on any atom is -0.497 e. The number of anilines is 1. The molecule has 1 aromatic heterocycles. The van der Waals surface area contributed by atoms with Crippen molar-refractivity contribution in [3.8, 4) is 11.5 Å². The number of fused-ring (bicyclic) bond motifs is 1. The quantitative estimate of drug-likeness (QED) is 0.608. The molecule has 1 amide bonds. The standard InChI is InChI=1S/C22H23N3O3.ClH/c1-27-17-8-9-20-18(12-17)19(13-21(25-20)14-2-3-14)22(26)24-15-4-6-16(7-5-15)28-11-10-23;/h4-9,12-14H,2-3,10-11,23H2,1H3,(H,24,26);1H. The van der Waals surface area contributed by atoms with Gasteiger partial charge in [0.15, 0.2) is 0 Å². The van der Waals surface area contributed by atoms with Gasteiger partial charge in [-0.2, -0.15) is 0 Å². The third-order valence-electron chi connectivity index (χ3n) is 4.77. The molecule has 3 aromatic rings. The number of pyridine rings is 1. The summed E-state index contributed by atoms with van der Waals surface area (Å²) >= 11 is 0. The maximum absolute atomic E-state index is 13.1. The second-order valence-corrected chi connectivity index (χ2v) is 6.87. The van der Waals surface area contributed by atoms with Crippen LogP contribution in [0.4, 0.5) is 5.69 Å². The zero-order valence-corrected chi connectivity index (χ0v) is 17.0. The van der Waals surface area contributed by atoms with E-state index in [1.54, 1.807) is 7.11 Å². The van der Waals surface area contributed by atoms with Crippen LogP contribution in [-0.4, -0.2) is 31.2 Å². The number of aromatic nitrogens is 1. The summed E-state index contributed by atoms with van der Waals surface area (Å²) in [4.78, 5) is 17.8. The highest BCUT2D eigenvalue weighted by atomic mass is 35.5. The first-order chi connectivity index (χ1) is 13.7. The van der Waals surface area contributed by atoms with Gasteiger partial charge in [0, 0.05) is 29.2 Å². The minimum absolute atomic E-state index is 0. The summed E-state index contributed by atoms with van der Waals surface area (Å²) in [7, 11) is 1.61. The SMILES string of the molecule is COc1ccc2nc(C3CC3)cc(C(=O)Nc3ccc(OCCN)cc3)c2c1.Cl. The number of carbonyl (C=O) groups is 1. The molecule has 3 N–H and O–H groups in total. The van der Waals surface area contributed by atoms with E-state index in [9.17, 15) is 4.79 Å². The number of benzene rings is 2. The summed E-state index contributed by atoms with van der Waals surface area (Å²) in [6.45, 7) is 0.918. The van der Waals surface area contributed by atoms with Crippen molar-refractivity contribution in [2.45, 2.75) is 18.8 Å². The summed E-state index contributed by atoms with van der Waals surface area (Å²) in [6, 6.07) is 14.8. The van der Waals surface area contributed by atoms with Crippen molar-refractivity contribution >= 4 is 34.9 Å². The van der Waals surface area contributed by atoms with Crippen molar-refractivity contribution in [2.75, 3.05) is 25.6 Å². The van der Waals surface area contributed by atoms with Gasteiger partial charge in [0.1, 0.15) is 18.1 Å². The maximum Gasteiger partial charge on any atom is 0.256 e. The average Bonchev–Trinajstić information content (AvgIpc) is 3.57. The first-order valence-electron chi connectivity index (χ1n) is 9.41. The number of hydrogen-bond acceptors (Lipinski definition) is 5. The number of rotatable bonds is 7. The molecule has 1 heterocycles. The monoisotopic (exact) mass is 413 g/mol. The molecule has 0 bridgehead atoms. The molecule has 1 aliphatic rings. The van der Waals surface area contributed by atoms with Crippen LogP contribution in [0.2, 0.25) is 0 Å². The molecule has 152 valence electrons. The second-order valence-electron chi connectivity index (χ2n) is 6.87. The van der Waals surface area contributed by atoms with Gasteiger partial charge in [-0.15, -0.1) is 12.4 Å². The number of ether oxygens (including phenoxy) is 2. The lowest BCUT2D eigenvalue weighted by molar-refractivity contribution is 0.102. The number of hydrogen-bond donors (Lipinski definition) is 2. The Morgan fingerprint density at radius 2 is 1.86 bits per heavy atom. The van der Waals surface area contributed by atoms with E-state index in [0.717, 1.165) is 35.2 Å². The van der Waals surface area contributed by atoms with Gasteiger partial charge in [-0.3, -0.25) is 9.78 Å². The zero-order chi connectivity index (χ0) is 19.5. The number of methoxy groups -OCH3 is 1. The third kappa shape index (κ3) is 4.78. The van der Waals surface area contributed by atoms with Crippen molar-refractivity contribution in [3.63, 3.8) is 0 Å². The Morgan fingerprint density at radius 3 is 2.52 bits per heavy atom. The van der Waals surface area contributed by atoms with Crippen molar-refractivity contribution in [1.29, 1.82) is 0 Å². The van der Waals surface area contributed by atoms with E-state index in [0.29, 0.717) is 36.1 Å². The molecule has 4 rings (SSSR count). The molecule has 0 saturated heterocycles. The highest BCUT2D eigenvalue weighted by Crippen LogP contribution is 2.40. The Morgan fingerprint density at radius 1 is 1.14 bits per heavy atom. The van der Waals surface area contributed by atoms with Gasteiger partial charge in [-0.25, -0.2) is 0 Å². The maximum atomic E-state index is 13.1. The number of nitrogens with one attached hydrogen (secondary N) is 1. The van der Waals surface area contributed by atoms with Crippen LogP contribution in [0.1, 0.15) is 34.8 Å².